The number of hydrogen-bond acceptors (Lipinski definition) is 2. The summed E-state index contributed by atoms with van der Waals surface area (Å²) in [6.07, 6.45) is 2.22. The third kappa shape index (κ3) is 2.50. The third-order valence-corrected chi connectivity index (χ3v) is 4.35. The molecule has 0 radical (unpaired) electrons. The summed E-state index contributed by atoms with van der Waals surface area (Å²) in [6.45, 7) is 5.57. The molecule has 1 fully saturated rings. The Morgan fingerprint density at radius 1 is 1.11 bits per heavy atom. The topological polar surface area (TPSA) is 11.4 Å². The van der Waals surface area contributed by atoms with Gasteiger partial charge in [-0.25, -0.2) is 0 Å². The van der Waals surface area contributed by atoms with Crippen molar-refractivity contribution >= 4 is 22.5 Å². The molecule has 1 aliphatic heterocycles. The molecule has 1 aliphatic rings. The second kappa shape index (κ2) is 5.16. The molecule has 4 heteroatoms. The van der Waals surface area contributed by atoms with E-state index < -0.39 is 0 Å². The highest BCUT2D eigenvalue weighted by atomic mass is 35.5. The van der Waals surface area contributed by atoms with E-state index in [1.54, 1.807) is 0 Å². The number of nitrogens with zero attached hydrogens (tertiary/aromatic N) is 3. The van der Waals surface area contributed by atoms with Gasteiger partial charge in [0.05, 0.1) is 5.02 Å². The molecule has 0 bridgehead atoms. The summed E-state index contributed by atoms with van der Waals surface area (Å²) in [5, 5.41) is 2.08. The van der Waals surface area contributed by atoms with E-state index in [9.17, 15) is 0 Å². The first-order valence-electron chi connectivity index (χ1n) is 6.78. The van der Waals surface area contributed by atoms with Crippen LogP contribution in [-0.4, -0.2) is 47.6 Å². The van der Waals surface area contributed by atoms with E-state index in [2.05, 4.69) is 40.7 Å². The molecule has 0 aliphatic carbocycles. The molecule has 2 heterocycles. The summed E-state index contributed by atoms with van der Waals surface area (Å²) in [5.74, 6) is 0. The first-order valence-corrected chi connectivity index (χ1v) is 7.16. The van der Waals surface area contributed by atoms with Gasteiger partial charge in [-0.1, -0.05) is 17.7 Å². The summed E-state index contributed by atoms with van der Waals surface area (Å²) >= 11 is 6.38. The van der Waals surface area contributed by atoms with Gasteiger partial charge in [0, 0.05) is 56.9 Å². The van der Waals surface area contributed by atoms with Crippen LogP contribution in [-0.2, 0) is 13.6 Å². The van der Waals surface area contributed by atoms with E-state index >= 15 is 0 Å². The predicted octanol–water partition coefficient (Wildman–Crippen LogP) is 2.58. The standard InChI is InChI=1S/C15H20ClN3/c1-17-6-8-19(9-7-17)11-12-10-18(2)14-5-3-4-13(16)15(12)14/h3-5,10H,6-9,11H2,1-2H3. The fourth-order valence-corrected chi connectivity index (χ4v) is 3.15. The summed E-state index contributed by atoms with van der Waals surface area (Å²) in [7, 11) is 4.28. The molecular weight excluding hydrogens is 258 g/mol. The largest absolute Gasteiger partial charge is 0.350 e. The van der Waals surface area contributed by atoms with Crippen LogP contribution in [0.3, 0.4) is 0 Å². The Labute approximate surface area is 119 Å². The lowest BCUT2D eigenvalue weighted by molar-refractivity contribution is 0.148. The molecule has 0 saturated carbocycles. The Morgan fingerprint density at radius 2 is 1.84 bits per heavy atom. The molecule has 1 saturated heterocycles. The van der Waals surface area contributed by atoms with Crippen LogP contribution in [0.5, 0.6) is 0 Å². The van der Waals surface area contributed by atoms with E-state index in [-0.39, 0.29) is 0 Å². The van der Waals surface area contributed by atoms with Gasteiger partial charge in [0.15, 0.2) is 0 Å². The van der Waals surface area contributed by atoms with Crippen molar-refractivity contribution in [3.63, 3.8) is 0 Å². The smallest absolute Gasteiger partial charge is 0.0503 e. The summed E-state index contributed by atoms with van der Waals surface area (Å²) < 4.78 is 2.17. The Bertz CT molecular complexity index is 582. The van der Waals surface area contributed by atoms with Crippen LogP contribution < -0.4 is 0 Å². The molecule has 1 aromatic carbocycles. The van der Waals surface area contributed by atoms with Crippen LogP contribution >= 0.6 is 11.6 Å². The predicted molar refractivity (Wildman–Crippen MR) is 80.7 cm³/mol. The minimum Gasteiger partial charge on any atom is -0.350 e. The zero-order valence-corrected chi connectivity index (χ0v) is 12.3. The van der Waals surface area contributed by atoms with E-state index in [1.165, 1.54) is 16.5 Å². The molecule has 19 heavy (non-hydrogen) atoms. The van der Waals surface area contributed by atoms with Crippen molar-refractivity contribution in [1.29, 1.82) is 0 Å². The number of aryl methyl sites for hydroxylation is 1. The molecule has 3 rings (SSSR count). The van der Waals surface area contributed by atoms with Crippen LogP contribution in [0.2, 0.25) is 5.02 Å². The molecule has 0 spiro atoms. The highest BCUT2D eigenvalue weighted by Crippen LogP contribution is 2.29. The lowest BCUT2D eigenvalue weighted by atomic mass is 10.1. The molecule has 0 atom stereocenters. The lowest BCUT2D eigenvalue weighted by Gasteiger charge is -2.32. The van der Waals surface area contributed by atoms with Crippen LogP contribution in [0, 0.1) is 0 Å². The van der Waals surface area contributed by atoms with Gasteiger partial charge in [-0.15, -0.1) is 0 Å². The zero-order valence-electron chi connectivity index (χ0n) is 11.6. The van der Waals surface area contributed by atoms with Crippen LogP contribution in [0.25, 0.3) is 10.9 Å². The number of piperazine rings is 1. The SMILES string of the molecule is CN1CCN(Cc2cn(C)c3cccc(Cl)c23)CC1. The van der Waals surface area contributed by atoms with Crippen molar-refractivity contribution in [3.8, 4) is 0 Å². The lowest BCUT2D eigenvalue weighted by Crippen LogP contribution is -2.43. The van der Waals surface area contributed by atoms with E-state index in [0.717, 1.165) is 37.7 Å². The van der Waals surface area contributed by atoms with E-state index in [4.69, 9.17) is 11.6 Å². The van der Waals surface area contributed by atoms with Gasteiger partial charge in [-0.05, 0) is 24.7 Å². The van der Waals surface area contributed by atoms with Crippen molar-refractivity contribution in [3.05, 3.63) is 35.0 Å². The Kier molecular flexibility index (Phi) is 3.52. The second-order valence-corrected chi connectivity index (χ2v) is 5.89. The van der Waals surface area contributed by atoms with Gasteiger partial charge in [0.1, 0.15) is 0 Å². The average molecular weight is 278 g/mol. The molecule has 0 N–H and O–H groups in total. The number of hydrogen-bond donors (Lipinski definition) is 0. The second-order valence-electron chi connectivity index (χ2n) is 5.48. The van der Waals surface area contributed by atoms with Crippen molar-refractivity contribution in [1.82, 2.24) is 14.4 Å². The molecule has 2 aromatic rings. The molecule has 102 valence electrons. The fourth-order valence-electron chi connectivity index (χ4n) is 2.86. The van der Waals surface area contributed by atoms with Crippen LogP contribution in [0.4, 0.5) is 0 Å². The van der Waals surface area contributed by atoms with E-state index in [1.807, 2.05) is 12.1 Å². The highest BCUT2D eigenvalue weighted by Gasteiger charge is 2.17. The van der Waals surface area contributed by atoms with E-state index in [0.29, 0.717) is 0 Å². The maximum absolute atomic E-state index is 6.38. The normalized spacial score (nSPS) is 18.3. The summed E-state index contributed by atoms with van der Waals surface area (Å²) in [4.78, 5) is 4.89. The third-order valence-electron chi connectivity index (χ3n) is 4.03. The average Bonchev–Trinajstić information content (AvgIpc) is 2.71. The number of benzene rings is 1. The first kappa shape index (κ1) is 13.0. The molecular formula is C15H20ClN3. The maximum Gasteiger partial charge on any atom is 0.0503 e. The van der Waals surface area contributed by atoms with Crippen molar-refractivity contribution in [2.24, 2.45) is 7.05 Å². The zero-order chi connectivity index (χ0) is 13.4. The minimum atomic E-state index is 0.863. The van der Waals surface area contributed by atoms with Gasteiger partial charge >= 0.3 is 0 Å². The number of likely N-dealkylation sites (N-methyl/N-ethyl adjacent to an activating group) is 1. The summed E-state index contributed by atoms with van der Waals surface area (Å²) in [6, 6.07) is 6.14. The highest BCUT2D eigenvalue weighted by molar-refractivity contribution is 6.35. The summed E-state index contributed by atoms with van der Waals surface area (Å²) in [5.41, 5.74) is 2.56. The quantitative estimate of drug-likeness (QED) is 0.836. The van der Waals surface area contributed by atoms with Crippen molar-refractivity contribution < 1.29 is 0 Å². The molecule has 0 unspecified atom stereocenters. The monoisotopic (exact) mass is 277 g/mol. The number of fused-ring (bicyclic) bond motifs is 1. The Balaban J connectivity index is 1.89. The van der Waals surface area contributed by atoms with Crippen molar-refractivity contribution in [2.45, 2.75) is 6.54 Å². The van der Waals surface area contributed by atoms with Crippen LogP contribution in [0.15, 0.2) is 24.4 Å². The maximum atomic E-state index is 6.38. The molecule has 1 aromatic heterocycles. The number of halogens is 1. The fraction of sp³-hybridized carbons (Fsp3) is 0.467. The van der Waals surface area contributed by atoms with Gasteiger partial charge in [0.25, 0.3) is 0 Å². The number of aromatic nitrogens is 1. The Hall–Kier alpha value is -1.03. The molecule has 0 amide bonds. The minimum absolute atomic E-state index is 0.863. The Morgan fingerprint density at radius 3 is 2.58 bits per heavy atom. The van der Waals surface area contributed by atoms with Crippen LogP contribution in [0.1, 0.15) is 5.56 Å². The van der Waals surface area contributed by atoms with Gasteiger partial charge in [-0.3, -0.25) is 4.90 Å². The number of rotatable bonds is 2. The first-order chi connectivity index (χ1) is 9.15. The van der Waals surface area contributed by atoms with Gasteiger partial charge < -0.3 is 9.47 Å². The van der Waals surface area contributed by atoms with Gasteiger partial charge in [0.2, 0.25) is 0 Å². The van der Waals surface area contributed by atoms with Crippen molar-refractivity contribution in [2.75, 3.05) is 33.2 Å². The van der Waals surface area contributed by atoms with Gasteiger partial charge in [-0.2, -0.15) is 0 Å². The molecule has 3 nitrogen and oxygen atoms in total.